The summed E-state index contributed by atoms with van der Waals surface area (Å²) >= 11 is 0. The first-order valence-electron chi connectivity index (χ1n) is 6.56. The number of hydrogen-bond donors (Lipinski definition) is 1. The van der Waals surface area contributed by atoms with E-state index in [0.29, 0.717) is 25.1 Å². The Morgan fingerprint density at radius 3 is 2.95 bits per heavy atom. The average molecular weight is 269 g/mol. The summed E-state index contributed by atoms with van der Waals surface area (Å²) in [5.74, 6) is 1.59. The van der Waals surface area contributed by atoms with E-state index in [1.54, 1.807) is 6.26 Å². The van der Waals surface area contributed by atoms with Gasteiger partial charge in [0.15, 0.2) is 0 Å². The predicted molar refractivity (Wildman–Crippen MR) is 75.3 cm³/mol. The zero-order valence-corrected chi connectivity index (χ0v) is 11.0. The molecule has 1 N–H and O–H groups in total. The van der Waals surface area contributed by atoms with Gasteiger partial charge in [0.05, 0.1) is 11.8 Å². The van der Waals surface area contributed by atoms with Crippen LogP contribution < -0.4 is 10.1 Å². The third kappa shape index (κ3) is 2.74. The number of fused-ring (bicyclic) bond motifs is 1. The fourth-order valence-corrected chi connectivity index (χ4v) is 2.11. The van der Waals surface area contributed by atoms with Crippen molar-refractivity contribution >= 4 is 12.0 Å². The van der Waals surface area contributed by atoms with E-state index in [2.05, 4.69) is 5.32 Å². The average Bonchev–Trinajstić information content (AvgIpc) is 3.00. The Morgan fingerprint density at radius 1 is 1.20 bits per heavy atom. The van der Waals surface area contributed by atoms with Crippen molar-refractivity contribution < 1.29 is 13.9 Å². The highest BCUT2D eigenvalue weighted by molar-refractivity contribution is 5.99. The summed E-state index contributed by atoms with van der Waals surface area (Å²) in [5, 5.41) is 2.87. The molecule has 0 fully saturated rings. The van der Waals surface area contributed by atoms with Gasteiger partial charge in [0, 0.05) is 18.5 Å². The minimum absolute atomic E-state index is 0.0916. The van der Waals surface area contributed by atoms with Crippen LogP contribution in [0.1, 0.15) is 11.3 Å². The van der Waals surface area contributed by atoms with Crippen LogP contribution in [-0.4, -0.2) is 19.1 Å². The van der Waals surface area contributed by atoms with Crippen LogP contribution in [0.25, 0.3) is 6.08 Å². The van der Waals surface area contributed by atoms with Crippen LogP contribution >= 0.6 is 0 Å². The first-order valence-corrected chi connectivity index (χ1v) is 6.56. The van der Waals surface area contributed by atoms with E-state index in [0.717, 1.165) is 17.1 Å². The maximum absolute atomic E-state index is 12.0. The van der Waals surface area contributed by atoms with E-state index in [1.165, 1.54) is 0 Å². The lowest BCUT2D eigenvalue weighted by Gasteiger charge is -2.17. The van der Waals surface area contributed by atoms with Crippen molar-refractivity contribution in [3.8, 4) is 5.75 Å². The van der Waals surface area contributed by atoms with Gasteiger partial charge in [0.25, 0.3) is 5.91 Å². The molecule has 1 aliphatic heterocycles. The molecule has 3 rings (SSSR count). The number of furan rings is 1. The lowest BCUT2D eigenvalue weighted by Crippen LogP contribution is -2.30. The summed E-state index contributed by atoms with van der Waals surface area (Å²) in [4.78, 5) is 12.0. The van der Waals surface area contributed by atoms with E-state index in [1.807, 2.05) is 42.5 Å². The first-order chi connectivity index (χ1) is 9.83. The van der Waals surface area contributed by atoms with Crippen LogP contribution in [0.15, 0.2) is 52.7 Å². The minimum atomic E-state index is -0.0916. The van der Waals surface area contributed by atoms with Crippen LogP contribution in [0.4, 0.5) is 0 Å². The van der Waals surface area contributed by atoms with Gasteiger partial charge in [-0.25, -0.2) is 0 Å². The Labute approximate surface area is 117 Å². The molecule has 0 atom stereocenters. The number of para-hydroxylation sites is 1. The standard InChI is InChI=1S/C16H15NO3/c18-16(17-8-7-14-5-3-9-19-14)13-10-12-4-1-2-6-15(12)20-11-13/h1-6,9-10H,7-8,11H2,(H,17,18). The molecule has 0 saturated carbocycles. The molecule has 2 heterocycles. The zero-order chi connectivity index (χ0) is 13.8. The third-order valence-electron chi connectivity index (χ3n) is 3.16. The second kappa shape index (κ2) is 5.65. The Morgan fingerprint density at radius 2 is 2.10 bits per heavy atom. The largest absolute Gasteiger partial charge is 0.488 e. The summed E-state index contributed by atoms with van der Waals surface area (Å²) in [6.45, 7) is 0.856. The van der Waals surface area contributed by atoms with Crippen LogP contribution in [0.5, 0.6) is 5.75 Å². The van der Waals surface area contributed by atoms with Crippen LogP contribution in [0.2, 0.25) is 0 Å². The van der Waals surface area contributed by atoms with E-state index in [4.69, 9.17) is 9.15 Å². The number of hydrogen-bond acceptors (Lipinski definition) is 3. The van der Waals surface area contributed by atoms with Gasteiger partial charge in [-0.15, -0.1) is 0 Å². The van der Waals surface area contributed by atoms with Crippen molar-refractivity contribution in [3.05, 3.63) is 59.6 Å². The van der Waals surface area contributed by atoms with Crippen LogP contribution in [0, 0.1) is 0 Å². The van der Waals surface area contributed by atoms with Gasteiger partial charge in [0.2, 0.25) is 0 Å². The number of amides is 1. The van der Waals surface area contributed by atoms with Gasteiger partial charge in [-0.2, -0.15) is 0 Å². The van der Waals surface area contributed by atoms with Crippen LogP contribution in [-0.2, 0) is 11.2 Å². The topological polar surface area (TPSA) is 51.5 Å². The summed E-state index contributed by atoms with van der Waals surface area (Å²) < 4.78 is 10.8. The van der Waals surface area contributed by atoms with Crippen molar-refractivity contribution in [1.82, 2.24) is 5.32 Å². The highest BCUT2D eigenvalue weighted by Crippen LogP contribution is 2.25. The van der Waals surface area contributed by atoms with Gasteiger partial charge >= 0.3 is 0 Å². The van der Waals surface area contributed by atoms with Gasteiger partial charge in [-0.1, -0.05) is 18.2 Å². The normalized spacial score (nSPS) is 13.1. The number of benzene rings is 1. The Hall–Kier alpha value is -2.49. The van der Waals surface area contributed by atoms with Crippen molar-refractivity contribution in [2.75, 3.05) is 13.2 Å². The molecule has 0 unspecified atom stereocenters. The van der Waals surface area contributed by atoms with E-state index >= 15 is 0 Å². The molecule has 102 valence electrons. The van der Waals surface area contributed by atoms with Crippen molar-refractivity contribution in [1.29, 1.82) is 0 Å². The fourth-order valence-electron chi connectivity index (χ4n) is 2.11. The van der Waals surface area contributed by atoms with Crippen LogP contribution in [0.3, 0.4) is 0 Å². The molecule has 1 amide bonds. The smallest absolute Gasteiger partial charge is 0.250 e. The van der Waals surface area contributed by atoms with Gasteiger partial charge in [-0.05, 0) is 24.3 Å². The Bertz CT molecular complexity index is 629. The third-order valence-corrected chi connectivity index (χ3v) is 3.16. The van der Waals surface area contributed by atoms with Gasteiger partial charge in [0.1, 0.15) is 18.1 Å². The molecule has 20 heavy (non-hydrogen) atoms. The molecule has 0 spiro atoms. The van der Waals surface area contributed by atoms with Crippen molar-refractivity contribution in [3.63, 3.8) is 0 Å². The molecule has 2 aromatic rings. The predicted octanol–water partition coefficient (Wildman–Crippen LogP) is 2.41. The molecule has 1 aliphatic rings. The maximum Gasteiger partial charge on any atom is 0.250 e. The molecular weight excluding hydrogens is 254 g/mol. The zero-order valence-electron chi connectivity index (χ0n) is 11.0. The molecule has 0 saturated heterocycles. The number of nitrogens with one attached hydrogen (secondary N) is 1. The molecule has 4 heteroatoms. The second-order valence-corrected chi connectivity index (χ2v) is 4.58. The maximum atomic E-state index is 12.0. The summed E-state index contributed by atoms with van der Waals surface area (Å²) in [6, 6.07) is 11.4. The quantitative estimate of drug-likeness (QED) is 0.927. The number of carbonyl (C=O) groups excluding carboxylic acids is 1. The Balaban J connectivity index is 1.59. The summed E-state index contributed by atoms with van der Waals surface area (Å²) in [7, 11) is 0. The first kappa shape index (κ1) is 12.5. The number of carbonyl (C=O) groups is 1. The van der Waals surface area contributed by atoms with Gasteiger partial charge < -0.3 is 14.5 Å². The molecule has 1 aromatic carbocycles. The molecule has 0 bridgehead atoms. The number of rotatable bonds is 4. The van der Waals surface area contributed by atoms with Crippen molar-refractivity contribution in [2.45, 2.75) is 6.42 Å². The summed E-state index contributed by atoms with van der Waals surface area (Å²) in [6.07, 6.45) is 4.19. The SMILES string of the molecule is O=C(NCCc1ccco1)C1=Cc2ccccc2OC1. The lowest BCUT2D eigenvalue weighted by molar-refractivity contribution is -0.117. The Kier molecular flexibility index (Phi) is 3.54. The highest BCUT2D eigenvalue weighted by atomic mass is 16.5. The molecular formula is C16H15NO3. The second-order valence-electron chi connectivity index (χ2n) is 4.58. The van der Waals surface area contributed by atoms with Gasteiger partial charge in [-0.3, -0.25) is 4.79 Å². The lowest BCUT2D eigenvalue weighted by atomic mass is 10.1. The van der Waals surface area contributed by atoms with E-state index in [-0.39, 0.29) is 5.91 Å². The fraction of sp³-hybridized carbons (Fsp3) is 0.188. The molecule has 0 radical (unpaired) electrons. The highest BCUT2D eigenvalue weighted by Gasteiger charge is 2.16. The molecule has 1 aromatic heterocycles. The molecule has 0 aliphatic carbocycles. The van der Waals surface area contributed by atoms with E-state index in [9.17, 15) is 4.79 Å². The van der Waals surface area contributed by atoms with Crippen molar-refractivity contribution in [2.24, 2.45) is 0 Å². The molecule has 4 nitrogen and oxygen atoms in total. The number of ether oxygens (including phenoxy) is 1. The monoisotopic (exact) mass is 269 g/mol. The summed E-state index contributed by atoms with van der Waals surface area (Å²) in [5.41, 5.74) is 1.58. The van der Waals surface area contributed by atoms with E-state index < -0.39 is 0 Å². The minimum Gasteiger partial charge on any atom is -0.488 e.